The second-order valence-corrected chi connectivity index (χ2v) is 4.91. The number of rotatable bonds is 6. The van der Waals surface area contributed by atoms with E-state index in [9.17, 15) is 0 Å². The van der Waals surface area contributed by atoms with Gasteiger partial charge in [-0.05, 0) is 30.2 Å². The van der Waals surface area contributed by atoms with Crippen LogP contribution in [0.15, 0.2) is 42.5 Å². The molecule has 2 aromatic carbocycles. The van der Waals surface area contributed by atoms with Crippen LogP contribution >= 0.6 is 0 Å². The van der Waals surface area contributed by atoms with Crippen molar-refractivity contribution in [1.82, 2.24) is 0 Å². The zero-order chi connectivity index (χ0) is 15.1. The molecular formula is C18H19NO2. The van der Waals surface area contributed by atoms with Gasteiger partial charge in [0.1, 0.15) is 0 Å². The van der Waals surface area contributed by atoms with E-state index in [-0.39, 0.29) is 0 Å². The van der Waals surface area contributed by atoms with Crippen LogP contribution in [0.3, 0.4) is 0 Å². The highest BCUT2D eigenvalue weighted by Gasteiger charge is 2.06. The molecule has 2 rings (SSSR count). The SMILES string of the molecule is COc1cc(CC#N)ccc1OCCc1cccc(C)c1. The summed E-state index contributed by atoms with van der Waals surface area (Å²) in [4.78, 5) is 0. The highest BCUT2D eigenvalue weighted by atomic mass is 16.5. The van der Waals surface area contributed by atoms with E-state index in [1.165, 1.54) is 11.1 Å². The average molecular weight is 281 g/mol. The van der Waals surface area contributed by atoms with Crippen molar-refractivity contribution in [2.24, 2.45) is 0 Å². The maximum Gasteiger partial charge on any atom is 0.161 e. The van der Waals surface area contributed by atoms with Gasteiger partial charge in [0.15, 0.2) is 11.5 Å². The summed E-state index contributed by atoms with van der Waals surface area (Å²) in [7, 11) is 1.61. The zero-order valence-corrected chi connectivity index (χ0v) is 12.4. The van der Waals surface area contributed by atoms with Gasteiger partial charge in [0.2, 0.25) is 0 Å². The molecule has 0 saturated heterocycles. The molecule has 0 aliphatic rings. The highest BCUT2D eigenvalue weighted by Crippen LogP contribution is 2.28. The molecule has 21 heavy (non-hydrogen) atoms. The highest BCUT2D eigenvalue weighted by molar-refractivity contribution is 5.43. The third kappa shape index (κ3) is 4.25. The molecule has 0 atom stereocenters. The molecule has 2 aromatic rings. The quantitative estimate of drug-likeness (QED) is 0.811. The lowest BCUT2D eigenvalue weighted by Crippen LogP contribution is -2.03. The third-order valence-electron chi connectivity index (χ3n) is 3.24. The smallest absolute Gasteiger partial charge is 0.161 e. The summed E-state index contributed by atoms with van der Waals surface area (Å²) in [6.45, 7) is 2.68. The van der Waals surface area contributed by atoms with Crippen molar-refractivity contribution < 1.29 is 9.47 Å². The Hall–Kier alpha value is -2.47. The molecule has 0 bridgehead atoms. The first-order chi connectivity index (χ1) is 10.2. The van der Waals surface area contributed by atoms with Gasteiger partial charge in [-0.1, -0.05) is 35.9 Å². The summed E-state index contributed by atoms with van der Waals surface area (Å²) in [6.07, 6.45) is 1.23. The third-order valence-corrected chi connectivity index (χ3v) is 3.24. The van der Waals surface area contributed by atoms with Crippen LogP contribution in [-0.4, -0.2) is 13.7 Å². The molecule has 0 amide bonds. The molecule has 0 aliphatic heterocycles. The largest absolute Gasteiger partial charge is 0.493 e. The summed E-state index contributed by atoms with van der Waals surface area (Å²) >= 11 is 0. The minimum Gasteiger partial charge on any atom is -0.493 e. The van der Waals surface area contributed by atoms with Crippen molar-refractivity contribution in [3.8, 4) is 17.6 Å². The zero-order valence-electron chi connectivity index (χ0n) is 12.4. The normalized spacial score (nSPS) is 9.95. The van der Waals surface area contributed by atoms with E-state index in [2.05, 4.69) is 37.3 Å². The van der Waals surface area contributed by atoms with E-state index >= 15 is 0 Å². The van der Waals surface area contributed by atoms with E-state index in [1.54, 1.807) is 7.11 Å². The summed E-state index contributed by atoms with van der Waals surface area (Å²) < 4.78 is 11.1. The molecule has 0 spiro atoms. The second kappa shape index (κ2) is 7.35. The Bertz CT molecular complexity index is 644. The number of hydrogen-bond donors (Lipinski definition) is 0. The van der Waals surface area contributed by atoms with E-state index in [4.69, 9.17) is 14.7 Å². The summed E-state index contributed by atoms with van der Waals surface area (Å²) in [5.74, 6) is 1.39. The fourth-order valence-corrected chi connectivity index (χ4v) is 2.18. The number of hydrogen-bond acceptors (Lipinski definition) is 3. The number of nitrogens with zero attached hydrogens (tertiary/aromatic N) is 1. The molecule has 0 fully saturated rings. The van der Waals surface area contributed by atoms with Gasteiger partial charge in [-0.15, -0.1) is 0 Å². The fourth-order valence-electron chi connectivity index (χ4n) is 2.18. The van der Waals surface area contributed by atoms with Gasteiger partial charge in [0.05, 0.1) is 26.2 Å². The van der Waals surface area contributed by atoms with Crippen LogP contribution in [0.5, 0.6) is 11.5 Å². The molecule has 108 valence electrons. The Labute approximate surface area is 125 Å². The Balaban J connectivity index is 1.98. The number of benzene rings is 2. The fraction of sp³-hybridized carbons (Fsp3) is 0.278. The molecule has 0 heterocycles. The summed E-state index contributed by atoms with van der Waals surface area (Å²) in [6, 6.07) is 16.1. The monoisotopic (exact) mass is 281 g/mol. The van der Waals surface area contributed by atoms with Crippen LogP contribution in [0.2, 0.25) is 0 Å². The lowest BCUT2D eigenvalue weighted by Gasteiger charge is -2.11. The van der Waals surface area contributed by atoms with Crippen molar-refractivity contribution >= 4 is 0 Å². The first-order valence-corrected chi connectivity index (χ1v) is 6.95. The Kier molecular flexibility index (Phi) is 5.22. The number of methoxy groups -OCH3 is 1. The summed E-state index contributed by atoms with van der Waals surface area (Å²) in [5, 5.41) is 8.72. The van der Waals surface area contributed by atoms with E-state index in [1.807, 2.05) is 18.2 Å². The molecular weight excluding hydrogens is 262 g/mol. The molecule has 0 aliphatic carbocycles. The van der Waals surface area contributed by atoms with Gasteiger partial charge in [-0.3, -0.25) is 0 Å². The Morgan fingerprint density at radius 3 is 2.62 bits per heavy atom. The topological polar surface area (TPSA) is 42.2 Å². The minimum atomic E-state index is 0.375. The van der Waals surface area contributed by atoms with Gasteiger partial charge in [0, 0.05) is 6.42 Å². The Morgan fingerprint density at radius 2 is 1.90 bits per heavy atom. The van der Waals surface area contributed by atoms with Crippen LogP contribution in [0.1, 0.15) is 16.7 Å². The first kappa shape index (κ1) is 14.9. The standard InChI is InChI=1S/C18H19NO2/c1-14-4-3-5-15(12-14)9-11-21-17-7-6-16(8-10-19)13-18(17)20-2/h3-7,12-13H,8-9,11H2,1-2H3. The van der Waals surface area contributed by atoms with Crippen LogP contribution in [-0.2, 0) is 12.8 Å². The molecule has 0 radical (unpaired) electrons. The molecule has 3 heteroatoms. The molecule has 0 unspecified atom stereocenters. The van der Waals surface area contributed by atoms with Crippen molar-refractivity contribution in [3.63, 3.8) is 0 Å². The number of aryl methyl sites for hydroxylation is 1. The van der Waals surface area contributed by atoms with Crippen molar-refractivity contribution in [3.05, 3.63) is 59.2 Å². The number of nitriles is 1. The van der Waals surface area contributed by atoms with E-state index in [0.29, 0.717) is 24.5 Å². The minimum absolute atomic E-state index is 0.375. The van der Waals surface area contributed by atoms with Gasteiger partial charge in [0.25, 0.3) is 0 Å². The molecule has 0 aromatic heterocycles. The predicted octanol–water partition coefficient (Wildman–Crippen LogP) is 3.69. The van der Waals surface area contributed by atoms with Crippen molar-refractivity contribution in [2.45, 2.75) is 19.8 Å². The molecule has 0 N–H and O–H groups in total. The van der Waals surface area contributed by atoms with Crippen LogP contribution in [0, 0.1) is 18.3 Å². The Morgan fingerprint density at radius 1 is 1.05 bits per heavy atom. The maximum atomic E-state index is 8.72. The van der Waals surface area contributed by atoms with Gasteiger partial charge < -0.3 is 9.47 Å². The van der Waals surface area contributed by atoms with E-state index in [0.717, 1.165) is 12.0 Å². The molecule has 3 nitrogen and oxygen atoms in total. The van der Waals surface area contributed by atoms with Gasteiger partial charge in [-0.2, -0.15) is 5.26 Å². The van der Waals surface area contributed by atoms with Gasteiger partial charge >= 0.3 is 0 Å². The van der Waals surface area contributed by atoms with E-state index < -0.39 is 0 Å². The molecule has 0 saturated carbocycles. The lowest BCUT2D eigenvalue weighted by atomic mass is 10.1. The number of ether oxygens (including phenoxy) is 2. The predicted molar refractivity (Wildman–Crippen MR) is 82.7 cm³/mol. The van der Waals surface area contributed by atoms with Gasteiger partial charge in [-0.25, -0.2) is 0 Å². The van der Waals surface area contributed by atoms with Crippen LogP contribution in [0.4, 0.5) is 0 Å². The average Bonchev–Trinajstić information content (AvgIpc) is 2.49. The van der Waals surface area contributed by atoms with Crippen LogP contribution < -0.4 is 9.47 Å². The summed E-state index contributed by atoms with van der Waals surface area (Å²) in [5.41, 5.74) is 3.45. The van der Waals surface area contributed by atoms with Crippen LogP contribution in [0.25, 0.3) is 0 Å². The first-order valence-electron chi connectivity index (χ1n) is 6.95. The van der Waals surface area contributed by atoms with Crippen molar-refractivity contribution in [1.29, 1.82) is 5.26 Å². The lowest BCUT2D eigenvalue weighted by molar-refractivity contribution is 0.297. The van der Waals surface area contributed by atoms with Crippen molar-refractivity contribution in [2.75, 3.05) is 13.7 Å². The second-order valence-electron chi connectivity index (χ2n) is 4.91. The maximum absolute atomic E-state index is 8.72.